The van der Waals surface area contributed by atoms with Crippen LogP contribution < -0.4 is 5.56 Å². The number of rotatable bonds is 4. The van der Waals surface area contributed by atoms with Crippen LogP contribution in [-0.4, -0.2) is 26.3 Å². The fourth-order valence-corrected chi connectivity index (χ4v) is 3.21. The molecular weight excluding hydrogens is 336 g/mol. The average Bonchev–Trinajstić information content (AvgIpc) is 3.17. The summed E-state index contributed by atoms with van der Waals surface area (Å²) in [6, 6.07) is 10.2. The lowest BCUT2D eigenvalue weighted by molar-refractivity contribution is -0.385. The van der Waals surface area contributed by atoms with Gasteiger partial charge >= 0.3 is 0 Å². The molecular formula is C18H16N4O4. The highest BCUT2D eigenvalue weighted by molar-refractivity contribution is 5.47. The molecule has 0 spiro atoms. The van der Waals surface area contributed by atoms with Gasteiger partial charge in [0, 0.05) is 37.7 Å². The second kappa shape index (κ2) is 6.57. The number of hydrogen-bond acceptors (Lipinski definition) is 6. The number of fused-ring (bicyclic) bond motifs is 1. The van der Waals surface area contributed by atoms with Crippen LogP contribution in [0.15, 0.2) is 51.9 Å². The van der Waals surface area contributed by atoms with Gasteiger partial charge in [-0.25, -0.2) is 4.98 Å². The number of benzene rings is 1. The minimum atomic E-state index is -0.378. The topological polar surface area (TPSA) is 105 Å². The molecule has 8 nitrogen and oxygen atoms in total. The summed E-state index contributed by atoms with van der Waals surface area (Å²) in [4.78, 5) is 32.6. The quantitative estimate of drug-likeness (QED) is 0.571. The monoisotopic (exact) mass is 352 g/mol. The third-order valence-corrected chi connectivity index (χ3v) is 4.48. The van der Waals surface area contributed by atoms with Gasteiger partial charge in [-0.2, -0.15) is 0 Å². The molecule has 0 unspecified atom stereocenters. The number of para-hydroxylation sites is 1. The summed E-state index contributed by atoms with van der Waals surface area (Å²) in [6.07, 6.45) is 2.14. The van der Waals surface area contributed by atoms with Gasteiger partial charge in [0.25, 0.3) is 11.2 Å². The van der Waals surface area contributed by atoms with Crippen LogP contribution in [0.1, 0.15) is 16.8 Å². The average molecular weight is 352 g/mol. The molecule has 0 atom stereocenters. The van der Waals surface area contributed by atoms with Crippen LogP contribution in [0.5, 0.6) is 0 Å². The fourth-order valence-electron chi connectivity index (χ4n) is 3.21. The van der Waals surface area contributed by atoms with Crippen molar-refractivity contribution in [1.82, 2.24) is 14.9 Å². The molecule has 2 aromatic heterocycles. The number of nitro benzene ring substituents is 1. The summed E-state index contributed by atoms with van der Waals surface area (Å²) in [5.74, 6) is 0.943. The van der Waals surface area contributed by atoms with Crippen molar-refractivity contribution in [3.05, 3.63) is 80.0 Å². The summed E-state index contributed by atoms with van der Waals surface area (Å²) in [5, 5.41) is 11.2. The van der Waals surface area contributed by atoms with E-state index in [0.717, 1.165) is 5.69 Å². The Kier molecular flexibility index (Phi) is 4.10. The SMILES string of the molecule is O=c1[nH]c(-c2ccco2)nc2c1CN(Cc1ccccc1[N+](=O)[O-])CC2. The van der Waals surface area contributed by atoms with E-state index in [1.165, 1.54) is 12.3 Å². The van der Waals surface area contributed by atoms with E-state index in [9.17, 15) is 14.9 Å². The normalized spacial score (nSPS) is 14.2. The van der Waals surface area contributed by atoms with Gasteiger partial charge in [0.2, 0.25) is 0 Å². The lowest BCUT2D eigenvalue weighted by Crippen LogP contribution is -2.35. The van der Waals surface area contributed by atoms with E-state index in [2.05, 4.69) is 9.97 Å². The van der Waals surface area contributed by atoms with Crippen LogP contribution in [0.2, 0.25) is 0 Å². The van der Waals surface area contributed by atoms with Gasteiger partial charge in [-0.1, -0.05) is 18.2 Å². The second-order valence-electron chi connectivity index (χ2n) is 6.16. The van der Waals surface area contributed by atoms with Gasteiger partial charge in [0.05, 0.1) is 22.4 Å². The molecule has 0 aliphatic carbocycles. The van der Waals surface area contributed by atoms with Crippen molar-refractivity contribution in [3.63, 3.8) is 0 Å². The van der Waals surface area contributed by atoms with E-state index in [1.54, 1.807) is 30.3 Å². The number of hydrogen-bond donors (Lipinski definition) is 1. The predicted molar refractivity (Wildman–Crippen MR) is 93.5 cm³/mol. The van der Waals surface area contributed by atoms with E-state index in [4.69, 9.17) is 4.42 Å². The Bertz CT molecular complexity index is 1010. The Morgan fingerprint density at radius 1 is 1.27 bits per heavy atom. The molecule has 0 saturated heterocycles. The van der Waals surface area contributed by atoms with Crippen LogP contribution in [0.25, 0.3) is 11.6 Å². The zero-order valence-electron chi connectivity index (χ0n) is 13.8. The summed E-state index contributed by atoms with van der Waals surface area (Å²) in [6.45, 7) is 1.49. The molecule has 0 fully saturated rings. The Hall–Kier alpha value is -3.26. The summed E-state index contributed by atoms with van der Waals surface area (Å²) >= 11 is 0. The van der Waals surface area contributed by atoms with E-state index in [0.29, 0.717) is 48.8 Å². The minimum absolute atomic E-state index is 0.0958. The first-order valence-electron chi connectivity index (χ1n) is 8.22. The Labute approximate surface area is 148 Å². The van der Waals surface area contributed by atoms with E-state index < -0.39 is 0 Å². The summed E-state index contributed by atoms with van der Waals surface area (Å²) in [7, 11) is 0. The lowest BCUT2D eigenvalue weighted by atomic mass is 10.1. The maximum Gasteiger partial charge on any atom is 0.273 e. The highest BCUT2D eigenvalue weighted by Gasteiger charge is 2.24. The predicted octanol–water partition coefficient (Wildman–Crippen LogP) is 2.50. The van der Waals surface area contributed by atoms with Crippen LogP contribution in [-0.2, 0) is 19.5 Å². The standard InChI is InChI=1S/C18H16N4O4/c23-18-13-11-21(10-12-4-1-2-5-15(12)22(24)25)8-7-14(13)19-17(20-18)16-6-3-9-26-16/h1-6,9H,7-8,10-11H2,(H,19,20,23). The first-order valence-corrected chi connectivity index (χ1v) is 8.22. The maximum absolute atomic E-state index is 12.5. The molecule has 1 N–H and O–H groups in total. The highest BCUT2D eigenvalue weighted by Crippen LogP contribution is 2.23. The van der Waals surface area contributed by atoms with E-state index >= 15 is 0 Å². The van der Waals surface area contributed by atoms with Gasteiger partial charge in [-0.15, -0.1) is 0 Å². The first kappa shape index (κ1) is 16.2. The van der Waals surface area contributed by atoms with Crippen molar-refractivity contribution in [2.75, 3.05) is 6.54 Å². The van der Waals surface area contributed by atoms with Gasteiger partial charge in [-0.3, -0.25) is 19.8 Å². The molecule has 26 heavy (non-hydrogen) atoms. The number of nitro groups is 1. The molecule has 1 aliphatic rings. The van der Waals surface area contributed by atoms with Crippen LogP contribution in [0.3, 0.4) is 0 Å². The van der Waals surface area contributed by atoms with Crippen LogP contribution in [0.4, 0.5) is 5.69 Å². The zero-order chi connectivity index (χ0) is 18.1. The number of aromatic nitrogens is 2. The Balaban J connectivity index is 1.59. The van der Waals surface area contributed by atoms with E-state index in [-0.39, 0.29) is 16.2 Å². The highest BCUT2D eigenvalue weighted by atomic mass is 16.6. The molecule has 1 aliphatic heterocycles. The third kappa shape index (κ3) is 3.02. The van der Waals surface area contributed by atoms with Gasteiger partial charge < -0.3 is 9.40 Å². The van der Waals surface area contributed by atoms with Gasteiger partial charge in [0.15, 0.2) is 11.6 Å². The zero-order valence-corrected chi connectivity index (χ0v) is 13.8. The maximum atomic E-state index is 12.5. The minimum Gasteiger partial charge on any atom is -0.461 e. The second-order valence-corrected chi connectivity index (χ2v) is 6.16. The Morgan fingerprint density at radius 2 is 2.12 bits per heavy atom. The van der Waals surface area contributed by atoms with Crippen molar-refractivity contribution < 1.29 is 9.34 Å². The Morgan fingerprint density at radius 3 is 2.88 bits per heavy atom. The number of H-pyrrole nitrogens is 1. The molecule has 0 amide bonds. The van der Waals surface area contributed by atoms with Crippen molar-refractivity contribution >= 4 is 5.69 Å². The smallest absolute Gasteiger partial charge is 0.273 e. The molecule has 1 aromatic carbocycles. The van der Waals surface area contributed by atoms with E-state index in [1.807, 2.05) is 4.90 Å². The number of nitrogens with one attached hydrogen (secondary N) is 1. The molecule has 8 heteroatoms. The molecule has 0 saturated carbocycles. The van der Waals surface area contributed by atoms with Crippen LogP contribution in [0, 0.1) is 10.1 Å². The van der Waals surface area contributed by atoms with Crippen LogP contribution >= 0.6 is 0 Å². The number of nitrogens with zero attached hydrogens (tertiary/aromatic N) is 3. The largest absolute Gasteiger partial charge is 0.461 e. The van der Waals surface area contributed by atoms with Gasteiger partial charge in [-0.05, 0) is 12.1 Å². The fraction of sp³-hybridized carbons (Fsp3) is 0.222. The van der Waals surface area contributed by atoms with Gasteiger partial charge in [0.1, 0.15) is 0 Å². The number of furan rings is 1. The molecule has 132 valence electrons. The first-order chi connectivity index (χ1) is 12.6. The molecule has 3 aromatic rings. The van der Waals surface area contributed by atoms with Crippen molar-refractivity contribution in [1.29, 1.82) is 0 Å². The number of aromatic amines is 1. The molecule has 4 rings (SSSR count). The molecule has 3 heterocycles. The summed E-state index contributed by atoms with van der Waals surface area (Å²) < 4.78 is 5.29. The third-order valence-electron chi connectivity index (χ3n) is 4.48. The van der Waals surface area contributed by atoms with Crippen molar-refractivity contribution in [2.45, 2.75) is 19.5 Å². The van der Waals surface area contributed by atoms with Crippen molar-refractivity contribution in [3.8, 4) is 11.6 Å². The summed E-state index contributed by atoms with van der Waals surface area (Å²) in [5.41, 5.74) is 1.88. The lowest BCUT2D eigenvalue weighted by Gasteiger charge is -2.27. The molecule has 0 radical (unpaired) electrons. The van der Waals surface area contributed by atoms with Crippen molar-refractivity contribution in [2.24, 2.45) is 0 Å². The molecule has 0 bridgehead atoms.